The standard InChI is InChI=1S/C16H12N2O2/c17-15-7-11(5-10-3-1-2-4-14(10)15)12-6-13(16(19)20)9-18-8-12/h1-9H,17H2,(H,19,20). The summed E-state index contributed by atoms with van der Waals surface area (Å²) in [5, 5.41) is 11.0. The van der Waals surface area contributed by atoms with Crippen LogP contribution < -0.4 is 5.73 Å². The first-order chi connectivity index (χ1) is 9.65. The second-order valence-corrected chi connectivity index (χ2v) is 4.55. The third-order valence-corrected chi connectivity index (χ3v) is 3.21. The van der Waals surface area contributed by atoms with E-state index in [2.05, 4.69) is 4.98 Å². The molecule has 0 fully saturated rings. The van der Waals surface area contributed by atoms with Crippen molar-refractivity contribution in [3.8, 4) is 11.1 Å². The maximum Gasteiger partial charge on any atom is 0.337 e. The molecule has 3 aromatic rings. The number of pyridine rings is 1. The molecular formula is C16H12N2O2. The van der Waals surface area contributed by atoms with E-state index in [1.165, 1.54) is 6.20 Å². The van der Waals surface area contributed by atoms with Crippen molar-refractivity contribution in [2.45, 2.75) is 0 Å². The number of nitrogens with zero attached hydrogens (tertiary/aromatic N) is 1. The van der Waals surface area contributed by atoms with Gasteiger partial charge >= 0.3 is 5.97 Å². The molecule has 2 aromatic carbocycles. The summed E-state index contributed by atoms with van der Waals surface area (Å²) >= 11 is 0. The topological polar surface area (TPSA) is 76.2 Å². The fourth-order valence-corrected chi connectivity index (χ4v) is 2.22. The number of hydrogen-bond acceptors (Lipinski definition) is 3. The Morgan fingerprint density at radius 3 is 2.65 bits per heavy atom. The summed E-state index contributed by atoms with van der Waals surface area (Å²) in [6.45, 7) is 0. The molecule has 1 heterocycles. The number of aromatic carboxylic acids is 1. The second-order valence-electron chi connectivity index (χ2n) is 4.55. The van der Waals surface area contributed by atoms with Gasteiger partial charge in [-0.05, 0) is 29.1 Å². The van der Waals surface area contributed by atoms with Gasteiger partial charge in [-0.15, -0.1) is 0 Å². The normalized spacial score (nSPS) is 10.6. The van der Waals surface area contributed by atoms with Crippen molar-refractivity contribution in [2.24, 2.45) is 0 Å². The Labute approximate surface area is 115 Å². The lowest BCUT2D eigenvalue weighted by atomic mass is 10.00. The van der Waals surface area contributed by atoms with Crippen LogP contribution in [-0.4, -0.2) is 16.1 Å². The minimum absolute atomic E-state index is 0.161. The molecule has 3 rings (SSSR count). The van der Waals surface area contributed by atoms with Crippen LogP contribution in [0.1, 0.15) is 10.4 Å². The molecule has 0 bridgehead atoms. The molecule has 4 heteroatoms. The summed E-state index contributed by atoms with van der Waals surface area (Å²) in [4.78, 5) is 15.0. The monoisotopic (exact) mass is 264 g/mol. The van der Waals surface area contributed by atoms with Gasteiger partial charge in [0, 0.05) is 29.0 Å². The predicted molar refractivity (Wildman–Crippen MR) is 78.6 cm³/mol. The van der Waals surface area contributed by atoms with Gasteiger partial charge in [-0.1, -0.05) is 24.3 Å². The minimum Gasteiger partial charge on any atom is -0.478 e. The molecule has 0 aliphatic rings. The van der Waals surface area contributed by atoms with E-state index in [0.717, 1.165) is 21.9 Å². The van der Waals surface area contributed by atoms with E-state index in [4.69, 9.17) is 10.8 Å². The van der Waals surface area contributed by atoms with Crippen LogP contribution >= 0.6 is 0 Å². The van der Waals surface area contributed by atoms with E-state index in [-0.39, 0.29) is 5.56 Å². The van der Waals surface area contributed by atoms with Gasteiger partial charge in [0.2, 0.25) is 0 Å². The Hall–Kier alpha value is -2.88. The largest absolute Gasteiger partial charge is 0.478 e. The number of anilines is 1. The number of benzene rings is 2. The molecule has 0 spiro atoms. The molecule has 0 atom stereocenters. The number of fused-ring (bicyclic) bond motifs is 1. The summed E-state index contributed by atoms with van der Waals surface area (Å²) in [7, 11) is 0. The van der Waals surface area contributed by atoms with Crippen LogP contribution in [0.4, 0.5) is 5.69 Å². The second kappa shape index (κ2) is 4.66. The Kier molecular flexibility index (Phi) is 2.84. The van der Waals surface area contributed by atoms with Crippen LogP contribution in [0.3, 0.4) is 0 Å². The van der Waals surface area contributed by atoms with Crippen LogP contribution in [0.5, 0.6) is 0 Å². The highest BCUT2D eigenvalue weighted by Gasteiger charge is 2.07. The van der Waals surface area contributed by atoms with E-state index in [1.807, 2.05) is 36.4 Å². The van der Waals surface area contributed by atoms with Gasteiger partial charge in [0.25, 0.3) is 0 Å². The molecule has 3 N–H and O–H groups in total. The summed E-state index contributed by atoms with van der Waals surface area (Å²) in [6.07, 6.45) is 2.96. The number of rotatable bonds is 2. The molecule has 0 saturated carbocycles. The van der Waals surface area contributed by atoms with Gasteiger partial charge in [0.05, 0.1) is 5.56 Å². The van der Waals surface area contributed by atoms with E-state index in [9.17, 15) is 4.79 Å². The highest BCUT2D eigenvalue weighted by Crippen LogP contribution is 2.29. The lowest BCUT2D eigenvalue weighted by molar-refractivity contribution is 0.0696. The van der Waals surface area contributed by atoms with Crippen molar-refractivity contribution in [3.05, 3.63) is 60.4 Å². The zero-order valence-electron chi connectivity index (χ0n) is 10.6. The fraction of sp³-hybridized carbons (Fsp3) is 0. The van der Waals surface area contributed by atoms with Crippen LogP contribution in [0, 0.1) is 0 Å². The number of hydrogen-bond donors (Lipinski definition) is 2. The first-order valence-electron chi connectivity index (χ1n) is 6.12. The average Bonchev–Trinajstić information content (AvgIpc) is 2.47. The highest BCUT2D eigenvalue weighted by atomic mass is 16.4. The molecule has 0 amide bonds. The van der Waals surface area contributed by atoms with Crippen molar-refractivity contribution >= 4 is 22.4 Å². The molecule has 0 radical (unpaired) electrons. The molecule has 4 nitrogen and oxygen atoms in total. The van der Waals surface area contributed by atoms with Crippen molar-refractivity contribution < 1.29 is 9.90 Å². The van der Waals surface area contributed by atoms with Gasteiger partial charge in [0.1, 0.15) is 0 Å². The number of nitrogen functional groups attached to an aromatic ring is 1. The third kappa shape index (κ3) is 2.07. The zero-order valence-corrected chi connectivity index (χ0v) is 10.6. The van der Waals surface area contributed by atoms with Crippen molar-refractivity contribution in [1.82, 2.24) is 4.98 Å². The first-order valence-corrected chi connectivity index (χ1v) is 6.12. The number of carboxylic acids is 1. The lowest BCUT2D eigenvalue weighted by Crippen LogP contribution is -1.97. The summed E-state index contributed by atoms with van der Waals surface area (Å²) in [5.74, 6) is -0.992. The average molecular weight is 264 g/mol. The fourth-order valence-electron chi connectivity index (χ4n) is 2.22. The number of carbonyl (C=O) groups is 1. The van der Waals surface area contributed by atoms with Gasteiger partial charge in [-0.2, -0.15) is 0 Å². The quantitative estimate of drug-likeness (QED) is 0.697. The van der Waals surface area contributed by atoms with Crippen LogP contribution in [0.15, 0.2) is 54.9 Å². The molecular weight excluding hydrogens is 252 g/mol. The van der Waals surface area contributed by atoms with Crippen molar-refractivity contribution in [1.29, 1.82) is 0 Å². The highest BCUT2D eigenvalue weighted by molar-refractivity contribution is 5.97. The van der Waals surface area contributed by atoms with Gasteiger partial charge < -0.3 is 10.8 Å². The Balaban J connectivity index is 2.19. The predicted octanol–water partition coefficient (Wildman–Crippen LogP) is 3.18. The molecule has 1 aromatic heterocycles. The summed E-state index contributed by atoms with van der Waals surface area (Å²) < 4.78 is 0. The number of nitrogens with two attached hydrogens (primary N) is 1. The Morgan fingerprint density at radius 2 is 1.85 bits per heavy atom. The SMILES string of the molecule is Nc1cc(-c2cncc(C(=O)O)c2)cc2ccccc12. The van der Waals surface area contributed by atoms with Gasteiger partial charge in [0.15, 0.2) is 0 Å². The van der Waals surface area contributed by atoms with Crippen molar-refractivity contribution in [2.75, 3.05) is 5.73 Å². The summed E-state index contributed by atoms with van der Waals surface area (Å²) in [5.41, 5.74) is 8.48. The van der Waals surface area contributed by atoms with E-state index in [1.54, 1.807) is 12.3 Å². The molecule has 0 aliphatic heterocycles. The van der Waals surface area contributed by atoms with Crippen LogP contribution in [0.25, 0.3) is 21.9 Å². The zero-order chi connectivity index (χ0) is 14.1. The Morgan fingerprint density at radius 1 is 1.05 bits per heavy atom. The molecule has 0 unspecified atom stereocenters. The smallest absolute Gasteiger partial charge is 0.337 e. The van der Waals surface area contributed by atoms with Crippen molar-refractivity contribution in [3.63, 3.8) is 0 Å². The number of carboxylic acid groups (broad SMARTS) is 1. The van der Waals surface area contributed by atoms with Gasteiger partial charge in [-0.3, -0.25) is 4.98 Å². The third-order valence-electron chi connectivity index (χ3n) is 3.21. The van der Waals surface area contributed by atoms with Crippen LogP contribution in [-0.2, 0) is 0 Å². The van der Waals surface area contributed by atoms with E-state index >= 15 is 0 Å². The Bertz CT molecular complexity index is 812. The summed E-state index contributed by atoms with van der Waals surface area (Å²) in [6, 6.07) is 13.2. The van der Waals surface area contributed by atoms with E-state index in [0.29, 0.717) is 5.69 Å². The lowest BCUT2D eigenvalue weighted by Gasteiger charge is -2.07. The molecule has 0 aliphatic carbocycles. The maximum atomic E-state index is 11.0. The number of aromatic nitrogens is 1. The first kappa shape index (κ1) is 12.2. The maximum absolute atomic E-state index is 11.0. The molecule has 0 saturated heterocycles. The van der Waals surface area contributed by atoms with E-state index < -0.39 is 5.97 Å². The molecule has 20 heavy (non-hydrogen) atoms. The van der Waals surface area contributed by atoms with Crippen LogP contribution in [0.2, 0.25) is 0 Å². The van der Waals surface area contributed by atoms with Gasteiger partial charge in [-0.25, -0.2) is 4.79 Å². The molecule has 98 valence electrons. The minimum atomic E-state index is -0.992.